The molecule has 1 aliphatic rings. The molecule has 1 aromatic carbocycles. The van der Waals surface area contributed by atoms with Crippen molar-refractivity contribution in [2.45, 2.75) is 12.6 Å². The Labute approximate surface area is 117 Å². The van der Waals surface area contributed by atoms with Crippen molar-refractivity contribution in [1.82, 2.24) is 9.47 Å². The van der Waals surface area contributed by atoms with Gasteiger partial charge >= 0.3 is 5.97 Å². The smallest absolute Gasteiger partial charge is 0.336 e. The van der Waals surface area contributed by atoms with E-state index in [9.17, 15) is 9.90 Å². The van der Waals surface area contributed by atoms with E-state index in [0.29, 0.717) is 5.56 Å². The van der Waals surface area contributed by atoms with Crippen LogP contribution in [0.4, 0.5) is 0 Å². The van der Waals surface area contributed by atoms with Crippen molar-refractivity contribution in [2.24, 2.45) is 0 Å². The number of ether oxygens (including phenoxy) is 1. The minimum atomic E-state index is -0.887. The molecule has 1 atom stereocenters. The minimum Gasteiger partial charge on any atom is -0.478 e. The van der Waals surface area contributed by atoms with Gasteiger partial charge in [-0.15, -0.1) is 0 Å². The van der Waals surface area contributed by atoms with Crippen LogP contribution in [0.3, 0.4) is 0 Å². The largest absolute Gasteiger partial charge is 0.478 e. The van der Waals surface area contributed by atoms with E-state index in [-0.39, 0.29) is 6.10 Å². The minimum absolute atomic E-state index is 0.151. The number of hydrogen-bond donors (Lipinski definition) is 1. The number of morpholine rings is 1. The number of carboxylic acids is 1. The van der Waals surface area contributed by atoms with Crippen molar-refractivity contribution >= 4 is 16.9 Å². The molecular formula is C15H18N2O3. The summed E-state index contributed by atoms with van der Waals surface area (Å²) in [7, 11) is 2.09. The molecule has 0 aliphatic carbocycles. The van der Waals surface area contributed by atoms with Gasteiger partial charge in [0.2, 0.25) is 0 Å². The lowest BCUT2D eigenvalue weighted by molar-refractivity contribution is -0.0269. The zero-order valence-electron chi connectivity index (χ0n) is 11.5. The van der Waals surface area contributed by atoms with E-state index in [1.165, 1.54) is 0 Å². The molecule has 1 saturated heterocycles. The molecule has 1 aliphatic heterocycles. The summed E-state index contributed by atoms with van der Waals surface area (Å²) < 4.78 is 7.84. The van der Waals surface area contributed by atoms with Crippen molar-refractivity contribution < 1.29 is 14.6 Å². The average molecular weight is 274 g/mol. The van der Waals surface area contributed by atoms with E-state index in [0.717, 1.165) is 37.1 Å². The predicted octanol–water partition coefficient (Wildman–Crippen LogP) is 1.67. The molecule has 0 spiro atoms. The molecule has 0 saturated carbocycles. The fraction of sp³-hybridized carbons (Fsp3) is 0.400. The highest BCUT2D eigenvalue weighted by atomic mass is 16.5. The fourth-order valence-corrected chi connectivity index (χ4v) is 2.77. The Morgan fingerprint density at radius 2 is 2.30 bits per heavy atom. The fourth-order valence-electron chi connectivity index (χ4n) is 2.77. The molecule has 3 rings (SSSR count). The van der Waals surface area contributed by atoms with Gasteiger partial charge in [-0.2, -0.15) is 0 Å². The summed E-state index contributed by atoms with van der Waals surface area (Å²) in [6.07, 6.45) is 2.09. The Balaban J connectivity index is 1.89. The third-order valence-electron chi connectivity index (χ3n) is 3.79. The summed E-state index contributed by atoms with van der Waals surface area (Å²) in [5, 5.41) is 9.99. The normalized spacial score (nSPS) is 20.4. The van der Waals surface area contributed by atoms with Crippen LogP contribution in [0.5, 0.6) is 0 Å². The van der Waals surface area contributed by atoms with Gasteiger partial charge in [-0.05, 0) is 25.2 Å². The molecule has 106 valence electrons. The molecule has 1 N–H and O–H groups in total. The Morgan fingerprint density at radius 1 is 1.45 bits per heavy atom. The van der Waals surface area contributed by atoms with Crippen molar-refractivity contribution in [2.75, 3.05) is 26.7 Å². The second-order valence-electron chi connectivity index (χ2n) is 5.27. The molecule has 20 heavy (non-hydrogen) atoms. The molecular weight excluding hydrogens is 256 g/mol. The number of benzene rings is 1. The second-order valence-corrected chi connectivity index (χ2v) is 5.27. The number of aromatic carboxylic acids is 1. The van der Waals surface area contributed by atoms with E-state index in [4.69, 9.17) is 4.74 Å². The monoisotopic (exact) mass is 274 g/mol. The van der Waals surface area contributed by atoms with Crippen molar-refractivity contribution in [3.8, 4) is 0 Å². The van der Waals surface area contributed by atoms with E-state index in [1.807, 2.05) is 18.3 Å². The van der Waals surface area contributed by atoms with Gasteiger partial charge in [-0.1, -0.05) is 6.07 Å². The van der Waals surface area contributed by atoms with E-state index >= 15 is 0 Å². The number of aromatic nitrogens is 1. The molecule has 5 nitrogen and oxygen atoms in total. The number of hydrogen-bond acceptors (Lipinski definition) is 3. The summed E-state index contributed by atoms with van der Waals surface area (Å²) in [6.45, 7) is 3.36. The number of rotatable bonds is 3. The van der Waals surface area contributed by atoms with Gasteiger partial charge in [-0.25, -0.2) is 4.79 Å². The maximum absolute atomic E-state index is 11.2. The lowest BCUT2D eigenvalue weighted by atomic mass is 10.1. The number of carboxylic acid groups (broad SMARTS) is 1. The molecule has 1 unspecified atom stereocenters. The van der Waals surface area contributed by atoms with Crippen LogP contribution in [-0.4, -0.2) is 53.4 Å². The van der Waals surface area contributed by atoms with Gasteiger partial charge < -0.3 is 19.3 Å². The number of carbonyl (C=O) groups is 1. The summed E-state index contributed by atoms with van der Waals surface area (Å²) in [5.41, 5.74) is 1.30. The molecule has 0 amide bonds. The number of nitrogens with zero attached hydrogens (tertiary/aromatic N) is 2. The zero-order chi connectivity index (χ0) is 14.1. The molecule has 1 aromatic heterocycles. The van der Waals surface area contributed by atoms with E-state index in [2.05, 4.69) is 16.5 Å². The molecule has 5 heteroatoms. The lowest BCUT2D eigenvalue weighted by Gasteiger charge is -2.30. The van der Waals surface area contributed by atoms with Gasteiger partial charge in [0, 0.05) is 30.2 Å². The zero-order valence-corrected chi connectivity index (χ0v) is 11.5. The van der Waals surface area contributed by atoms with Crippen LogP contribution < -0.4 is 0 Å². The summed E-state index contributed by atoms with van der Waals surface area (Å²) in [4.78, 5) is 13.5. The summed E-state index contributed by atoms with van der Waals surface area (Å²) >= 11 is 0. The van der Waals surface area contributed by atoms with Crippen LogP contribution in [0.2, 0.25) is 0 Å². The lowest BCUT2D eigenvalue weighted by Crippen LogP contribution is -2.41. The maximum Gasteiger partial charge on any atom is 0.336 e. The van der Waals surface area contributed by atoms with Crippen LogP contribution >= 0.6 is 0 Å². The highest BCUT2D eigenvalue weighted by molar-refractivity contribution is 6.02. The van der Waals surface area contributed by atoms with Crippen LogP contribution in [0, 0.1) is 0 Å². The second kappa shape index (κ2) is 5.26. The quantitative estimate of drug-likeness (QED) is 0.925. The third-order valence-corrected chi connectivity index (χ3v) is 3.79. The van der Waals surface area contributed by atoms with E-state index in [1.54, 1.807) is 12.1 Å². The molecule has 2 heterocycles. The molecule has 0 radical (unpaired) electrons. The first-order valence-electron chi connectivity index (χ1n) is 6.76. The number of likely N-dealkylation sites (N-methyl/N-ethyl adjacent to an activating group) is 1. The summed E-state index contributed by atoms with van der Waals surface area (Å²) in [6, 6.07) is 7.25. The Kier molecular flexibility index (Phi) is 3.46. The predicted molar refractivity (Wildman–Crippen MR) is 76.1 cm³/mol. The topological polar surface area (TPSA) is 54.7 Å². The van der Waals surface area contributed by atoms with Crippen molar-refractivity contribution in [3.05, 3.63) is 36.0 Å². The van der Waals surface area contributed by atoms with Crippen LogP contribution in [-0.2, 0) is 11.3 Å². The Hall–Kier alpha value is -1.85. The van der Waals surface area contributed by atoms with Crippen LogP contribution in [0.25, 0.3) is 10.9 Å². The van der Waals surface area contributed by atoms with Gasteiger partial charge in [0.1, 0.15) is 0 Å². The first-order chi connectivity index (χ1) is 9.65. The Bertz CT molecular complexity index is 635. The van der Waals surface area contributed by atoms with Crippen LogP contribution in [0.1, 0.15) is 10.4 Å². The van der Waals surface area contributed by atoms with Gasteiger partial charge in [-0.3, -0.25) is 0 Å². The number of fused-ring (bicyclic) bond motifs is 1. The highest BCUT2D eigenvalue weighted by Gasteiger charge is 2.19. The summed E-state index contributed by atoms with van der Waals surface area (Å²) in [5.74, 6) is -0.887. The van der Waals surface area contributed by atoms with Crippen molar-refractivity contribution in [1.29, 1.82) is 0 Å². The standard InChI is InChI=1S/C15H18N2O3/c1-16-7-8-20-11(9-16)10-17-6-5-12-13(15(18)19)3-2-4-14(12)17/h2-6,11H,7-10H2,1H3,(H,18,19). The van der Waals surface area contributed by atoms with Gasteiger partial charge in [0.25, 0.3) is 0 Å². The maximum atomic E-state index is 11.2. The van der Waals surface area contributed by atoms with Crippen LogP contribution in [0.15, 0.2) is 30.5 Å². The molecule has 1 fully saturated rings. The third kappa shape index (κ3) is 2.42. The first-order valence-corrected chi connectivity index (χ1v) is 6.76. The van der Waals surface area contributed by atoms with Gasteiger partial charge in [0.05, 0.1) is 24.8 Å². The Morgan fingerprint density at radius 3 is 3.05 bits per heavy atom. The van der Waals surface area contributed by atoms with E-state index < -0.39 is 5.97 Å². The SMILES string of the molecule is CN1CCOC(Cn2ccc3c(C(=O)O)cccc32)C1. The van der Waals surface area contributed by atoms with Gasteiger partial charge in [0.15, 0.2) is 0 Å². The highest BCUT2D eigenvalue weighted by Crippen LogP contribution is 2.21. The first kappa shape index (κ1) is 13.1. The van der Waals surface area contributed by atoms with Crippen molar-refractivity contribution in [3.63, 3.8) is 0 Å². The molecule has 0 bridgehead atoms. The average Bonchev–Trinajstić information content (AvgIpc) is 2.82. The molecule has 2 aromatic rings.